The zero-order chi connectivity index (χ0) is 27.6. The highest BCUT2D eigenvalue weighted by molar-refractivity contribution is 7.99. The van der Waals surface area contributed by atoms with E-state index in [4.69, 9.17) is 26.1 Å². The second-order valence-corrected chi connectivity index (χ2v) is 10.7. The molecule has 0 spiro atoms. The molecule has 1 heterocycles. The lowest BCUT2D eigenvalue weighted by Gasteiger charge is -2.18. The van der Waals surface area contributed by atoms with Crippen LogP contribution < -0.4 is 0 Å². The molecule has 0 N–H and O–H groups in total. The Hall–Kier alpha value is -3.61. The van der Waals surface area contributed by atoms with Gasteiger partial charge >= 0.3 is 11.9 Å². The molecular weight excluding hydrogens is 530 g/mol. The highest BCUT2D eigenvalue weighted by atomic mass is 35.5. The number of hydrogen-bond acceptors (Lipinski definition) is 6. The Morgan fingerprint density at radius 1 is 0.949 bits per heavy atom. The number of esters is 2. The van der Waals surface area contributed by atoms with Crippen molar-refractivity contribution in [1.29, 1.82) is 0 Å². The third-order valence-electron chi connectivity index (χ3n) is 6.36. The van der Waals surface area contributed by atoms with Gasteiger partial charge in [0.1, 0.15) is 0 Å². The minimum Gasteiger partial charge on any atom is -0.469 e. The van der Waals surface area contributed by atoms with Gasteiger partial charge < -0.3 is 9.47 Å². The average Bonchev–Trinajstić information content (AvgIpc) is 2.97. The molecule has 0 aliphatic rings. The molecule has 0 aliphatic carbocycles. The van der Waals surface area contributed by atoms with Crippen molar-refractivity contribution < 1.29 is 19.1 Å². The van der Waals surface area contributed by atoms with Crippen molar-refractivity contribution >= 4 is 58.4 Å². The fourth-order valence-corrected chi connectivity index (χ4v) is 5.67. The Morgan fingerprint density at radius 3 is 2.59 bits per heavy atom. The van der Waals surface area contributed by atoms with E-state index in [0.717, 1.165) is 39.7 Å². The Bertz CT molecular complexity index is 1490. The van der Waals surface area contributed by atoms with Gasteiger partial charge in [-0.2, -0.15) is 11.8 Å². The van der Waals surface area contributed by atoms with Gasteiger partial charge in [0.2, 0.25) is 0 Å². The van der Waals surface area contributed by atoms with Crippen LogP contribution in [0.25, 0.3) is 23.1 Å². The number of rotatable bonds is 11. The van der Waals surface area contributed by atoms with Crippen molar-refractivity contribution in [3.8, 4) is 0 Å². The number of ether oxygens (including phenoxy) is 2. The molecule has 1 aromatic heterocycles. The van der Waals surface area contributed by atoms with Crippen LogP contribution in [0.15, 0.2) is 78.9 Å². The number of pyridine rings is 1. The van der Waals surface area contributed by atoms with Gasteiger partial charge in [-0.15, -0.1) is 0 Å². The van der Waals surface area contributed by atoms with Crippen molar-refractivity contribution in [2.75, 3.05) is 20.0 Å². The van der Waals surface area contributed by atoms with Gasteiger partial charge in [-0.25, -0.2) is 9.78 Å². The first-order valence-corrected chi connectivity index (χ1v) is 14.1. The summed E-state index contributed by atoms with van der Waals surface area (Å²) in [7, 11) is 2.80. The number of thioether (sulfide) groups is 1. The highest BCUT2D eigenvalue weighted by Gasteiger charge is 2.17. The number of carbonyl (C=O) groups is 2. The smallest absolute Gasteiger partial charge is 0.338 e. The Kier molecular flexibility index (Phi) is 10.2. The van der Waals surface area contributed by atoms with E-state index >= 15 is 0 Å². The maximum absolute atomic E-state index is 12.3. The van der Waals surface area contributed by atoms with Crippen LogP contribution in [0.1, 0.15) is 50.8 Å². The number of hydrogen-bond donors (Lipinski definition) is 0. The van der Waals surface area contributed by atoms with Crippen molar-refractivity contribution in [2.24, 2.45) is 0 Å². The van der Waals surface area contributed by atoms with Crippen molar-refractivity contribution in [3.05, 3.63) is 112 Å². The van der Waals surface area contributed by atoms with Gasteiger partial charge in [-0.3, -0.25) is 4.79 Å². The van der Waals surface area contributed by atoms with Gasteiger partial charge in [-0.1, -0.05) is 72.3 Å². The van der Waals surface area contributed by atoms with Gasteiger partial charge in [0.15, 0.2) is 0 Å². The van der Waals surface area contributed by atoms with Crippen LogP contribution in [0.5, 0.6) is 0 Å². The molecule has 0 fully saturated rings. The summed E-state index contributed by atoms with van der Waals surface area (Å²) in [5.74, 6) is 0.0786. The summed E-state index contributed by atoms with van der Waals surface area (Å²) in [6.07, 6.45) is 5.87. The Morgan fingerprint density at radius 2 is 1.77 bits per heavy atom. The second kappa shape index (κ2) is 14.0. The third-order valence-corrected chi connectivity index (χ3v) is 7.94. The van der Waals surface area contributed by atoms with E-state index in [1.165, 1.54) is 14.2 Å². The van der Waals surface area contributed by atoms with Gasteiger partial charge in [0, 0.05) is 21.4 Å². The molecule has 0 aliphatic heterocycles. The summed E-state index contributed by atoms with van der Waals surface area (Å²) < 4.78 is 9.79. The zero-order valence-electron chi connectivity index (χ0n) is 21.9. The minimum atomic E-state index is -0.336. The van der Waals surface area contributed by atoms with Crippen LogP contribution in [0.3, 0.4) is 0 Å². The molecule has 0 amide bonds. The highest BCUT2D eigenvalue weighted by Crippen LogP contribution is 2.35. The molecular formula is C32H30ClNO4S. The zero-order valence-corrected chi connectivity index (χ0v) is 23.5. The second-order valence-electron chi connectivity index (χ2n) is 8.95. The van der Waals surface area contributed by atoms with Gasteiger partial charge in [0.25, 0.3) is 0 Å². The molecule has 4 aromatic rings. The number of fused-ring (bicyclic) bond motifs is 1. The lowest BCUT2D eigenvalue weighted by Crippen LogP contribution is -2.07. The molecule has 0 saturated carbocycles. The molecule has 1 atom stereocenters. The average molecular weight is 560 g/mol. The molecule has 200 valence electrons. The number of benzene rings is 3. The number of halogens is 1. The maximum Gasteiger partial charge on any atom is 0.338 e. The van der Waals surface area contributed by atoms with Crippen LogP contribution >= 0.6 is 23.4 Å². The molecule has 3 aromatic carbocycles. The first kappa shape index (κ1) is 28.4. The monoisotopic (exact) mass is 559 g/mol. The summed E-state index contributed by atoms with van der Waals surface area (Å²) in [5.41, 5.74) is 5.43. The van der Waals surface area contributed by atoms with E-state index in [0.29, 0.717) is 29.2 Å². The van der Waals surface area contributed by atoms with Gasteiger partial charge in [0.05, 0.1) is 37.4 Å². The minimum absolute atomic E-state index is 0.120. The summed E-state index contributed by atoms with van der Waals surface area (Å²) in [6, 6.07) is 25.6. The van der Waals surface area contributed by atoms with Crippen molar-refractivity contribution in [2.45, 2.75) is 24.5 Å². The van der Waals surface area contributed by atoms with Crippen LogP contribution in [-0.4, -0.2) is 36.9 Å². The van der Waals surface area contributed by atoms with E-state index in [2.05, 4.69) is 18.2 Å². The fraction of sp³-hybridized carbons (Fsp3) is 0.219. The number of aromatic nitrogens is 1. The fourth-order valence-electron chi connectivity index (χ4n) is 4.31. The molecule has 0 bridgehead atoms. The molecule has 0 saturated heterocycles. The number of nitrogens with zero attached hydrogens (tertiary/aromatic N) is 1. The van der Waals surface area contributed by atoms with Crippen LogP contribution in [0.2, 0.25) is 5.02 Å². The summed E-state index contributed by atoms with van der Waals surface area (Å²) in [4.78, 5) is 28.7. The van der Waals surface area contributed by atoms with E-state index in [9.17, 15) is 9.59 Å². The standard InChI is InChI=1S/C32H30ClNO4S/c1-37-31(35)18-19-39-30(17-13-23-7-3-4-9-28(23)32(36)38-2)25-8-5-6-22(20-25)10-15-27-16-12-24-11-14-26(33)21-29(24)34-27/h3-12,14-16,20-21,30H,13,17-19H2,1-2H3/b15-10+. The van der Waals surface area contributed by atoms with Crippen molar-refractivity contribution in [1.82, 2.24) is 4.98 Å². The largest absolute Gasteiger partial charge is 0.469 e. The van der Waals surface area contributed by atoms with E-state index in [-0.39, 0.29) is 17.2 Å². The Labute approximate surface area is 238 Å². The first-order chi connectivity index (χ1) is 19.0. The molecule has 4 rings (SSSR count). The molecule has 5 nitrogen and oxygen atoms in total. The molecule has 0 radical (unpaired) electrons. The Balaban J connectivity index is 1.54. The molecule has 7 heteroatoms. The van der Waals surface area contributed by atoms with E-state index in [1.807, 2.05) is 66.7 Å². The normalized spacial score (nSPS) is 12.0. The predicted octanol–water partition coefficient (Wildman–Crippen LogP) is 7.82. The first-order valence-electron chi connectivity index (χ1n) is 12.7. The summed E-state index contributed by atoms with van der Waals surface area (Å²) >= 11 is 7.86. The van der Waals surface area contributed by atoms with Crippen molar-refractivity contribution in [3.63, 3.8) is 0 Å². The third kappa shape index (κ3) is 7.94. The topological polar surface area (TPSA) is 65.5 Å². The lowest BCUT2D eigenvalue weighted by atomic mass is 9.98. The van der Waals surface area contributed by atoms with Gasteiger partial charge in [-0.05, 0) is 59.9 Å². The molecule has 39 heavy (non-hydrogen) atoms. The number of aryl methyl sites for hydroxylation is 1. The van der Waals surface area contributed by atoms with Crippen LogP contribution in [-0.2, 0) is 20.7 Å². The number of methoxy groups -OCH3 is 2. The number of carbonyl (C=O) groups excluding carboxylic acids is 2. The van der Waals surface area contributed by atoms with Crippen LogP contribution in [0, 0.1) is 0 Å². The SMILES string of the molecule is COC(=O)CCSC(CCc1ccccc1C(=O)OC)c1cccc(/C=C/c2ccc3ccc(Cl)cc3n2)c1. The lowest BCUT2D eigenvalue weighted by molar-refractivity contribution is -0.140. The summed E-state index contributed by atoms with van der Waals surface area (Å²) in [6.45, 7) is 0. The van der Waals surface area contributed by atoms with E-state index in [1.54, 1.807) is 17.8 Å². The van der Waals surface area contributed by atoms with Crippen LogP contribution in [0.4, 0.5) is 0 Å². The quantitative estimate of drug-likeness (QED) is 0.175. The maximum atomic E-state index is 12.3. The van der Waals surface area contributed by atoms with E-state index < -0.39 is 0 Å². The summed E-state index contributed by atoms with van der Waals surface area (Å²) in [5, 5.41) is 1.82. The predicted molar refractivity (Wildman–Crippen MR) is 160 cm³/mol. The molecule has 1 unspecified atom stereocenters.